The number of nitrogens with one attached hydrogen (secondary N) is 1. The average Bonchev–Trinajstić information content (AvgIpc) is 2.17. The summed E-state index contributed by atoms with van der Waals surface area (Å²) in [5.74, 6) is -0.735. The van der Waals surface area contributed by atoms with Gasteiger partial charge in [0.1, 0.15) is 6.04 Å². The minimum absolute atomic E-state index is 0.372. The van der Waals surface area contributed by atoms with Crippen LogP contribution in [0, 0.1) is 0 Å². The summed E-state index contributed by atoms with van der Waals surface area (Å²) in [6.07, 6.45) is 2.10. The second-order valence-corrected chi connectivity index (χ2v) is 3.66. The van der Waals surface area contributed by atoms with Gasteiger partial charge in [-0.25, -0.2) is 0 Å². The first-order valence-electron chi connectivity index (χ1n) is 4.78. The van der Waals surface area contributed by atoms with Crippen LogP contribution < -0.4 is 5.32 Å². The number of carbonyl (C=O) groups is 1. The van der Waals surface area contributed by atoms with E-state index in [0.717, 1.165) is 25.9 Å². The van der Waals surface area contributed by atoms with Crippen LogP contribution in [0.2, 0.25) is 0 Å². The molecule has 2 N–H and O–H groups in total. The largest absolute Gasteiger partial charge is 0.480 e. The second kappa shape index (κ2) is 4.58. The van der Waals surface area contributed by atoms with Crippen molar-refractivity contribution < 1.29 is 9.90 Å². The lowest BCUT2D eigenvalue weighted by molar-refractivity contribution is -0.143. The molecule has 1 aliphatic heterocycles. The minimum Gasteiger partial charge on any atom is -0.480 e. The molecule has 76 valence electrons. The lowest BCUT2D eigenvalue weighted by Crippen LogP contribution is -2.47. The lowest BCUT2D eigenvalue weighted by atomic mass is 10.0. The van der Waals surface area contributed by atoms with Crippen molar-refractivity contribution >= 4 is 5.97 Å². The van der Waals surface area contributed by atoms with Gasteiger partial charge in [-0.15, -0.1) is 0 Å². The Balaban J connectivity index is 2.44. The number of carboxylic acids is 1. The Hall–Kier alpha value is -0.610. The van der Waals surface area contributed by atoms with Gasteiger partial charge in [0.05, 0.1) is 0 Å². The molecular formula is C9H18N2O2. The highest BCUT2D eigenvalue weighted by Crippen LogP contribution is 2.12. The van der Waals surface area contributed by atoms with Crippen molar-refractivity contribution in [1.82, 2.24) is 10.2 Å². The third-order valence-corrected chi connectivity index (χ3v) is 2.85. The fourth-order valence-electron chi connectivity index (χ4n) is 1.70. The molecule has 1 atom stereocenters. The van der Waals surface area contributed by atoms with Crippen LogP contribution in [0.4, 0.5) is 0 Å². The summed E-state index contributed by atoms with van der Waals surface area (Å²) < 4.78 is 0. The van der Waals surface area contributed by atoms with Crippen molar-refractivity contribution in [2.24, 2.45) is 0 Å². The van der Waals surface area contributed by atoms with Crippen molar-refractivity contribution in [2.75, 3.05) is 20.1 Å². The van der Waals surface area contributed by atoms with Crippen LogP contribution in [-0.2, 0) is 4.79 Å². The summed E-state index contributed by atoms with van der Waals surface area (Å²) in [6.45, 7) is 3.74. The Labute approximate surface area is 78.9 Å². The molecule has 1 unspecified atom stereocenters. The molecule has 1 rings (SSSR count). The van der Waals surface area contributed by atoms with Crippen molar-refractivity contribution in [3.05, 3.63) is 0 Å². The van der Waals surface area contributed by atoms with Crippen LogP contribution in [0.5, 0.6) is 0 Å². The van der Waals surface area contributed by atoms with Gasteiger partial charge in [0, 0.05) is 6.04 Å². The molecule has 4 nitrogen and oxygen atoms in total. The standard InChI is InChI=1S/C9H18N2O2/c1-7(9(12)13)11(2)8-3-5-10-6-4-8/h7-8,10H,3-6H2,1-2H3,(H,12,13). The first-order chi connectivity index (χ1) is 6.13. The van der Waals surface area contributed by atoms with Crippen LogP contribution in [0.3, 0.4) is 0 Å². The van der Waals surface area contributed by atoms with Gasteiger partial charge >= 0.3 is 5.97 Å². The van der Waals surface area contributed by atoms with Crippen LogP contribution in [0.15, 0.2) is 0 Å². The molecule has 0 amide bonds. The number of rotatable bonds is 3. The topological polar surface area (TPSA) is 52.6 Å². The van der Waals surface area contributed by atoms with Gasteiger partial charge in [0.25, 0.3) is 0 Å². The second-order valence-electron chi connectivity index (χ2n) is 3.66. The molecule has 4 heteroatoms. The maximum absolute atomic E-state index is 10.7. The SMILES string of the molecule is CC(C(=O)O)N(C)C1CCNCC1. The summed E-state index contributed by atoms with van der Waals surface area (Å²) in [4.78, 5) is 12.7. The Morgan fingerprint density at radius 1 is 1.54 bits per heavy atom. The van der Waals surface area contributed by atoms with E-state index in [1.165, 1.54) is 0 Å². The number of piperidine rings is 1. The molecule has 1 saturated heterocycles. The fraction of sp³-hybridized carbons (Fsp3) is 0.889. The number of hydrogen-bond acceptors (Lipinski definition) is 3. The zero-order chi connectivity index (χ0) is 9.84. The third kappa shape index (κ3) is 2.67. The number of hydrogen-bond donors (Lipinski definition) is 2. The highest BCUT2D eigenvalue weighted by molar-refractivity contribution is 5.72. The smallest absolute Gasteiger partial charge is 0.320 e. The number of carboxylic acid groups (broad SMARTS) is 1. The van der Waals surface area contributed by atoms with Crippen LogP contribution in [-0.4, -0.2) is 48.2 Å². The minimum atomic E-state index is -0.735. The first-order valence-corrected chi connectivity index (χ1v) is 4.78. The van der Waals surface area contributed by atoms with Gasteiger partial charge in [-0.05, 0) is 39.9 Å². The number of likely N-dealkylation sites (N-methyl/N-ethyl adjacent to an activating group) is 1. The molecule has 0 spiro atoms. The predicted octanol–water partition coefficient (Wildman–Crippen LogP) is 0.143. The van der Waals surface area contributed by atoms with E-state index in [9.17, 15) is 4.79 Å². The molecule has 0 aromatic heterocycles. The van der Waals surface area contributed by atoms with E-state index in [4.69, 9.17) is 5.11 Å². The van der Waals surface area contributed by atoms with Crippen LogP contribution >= 0.6 is 0 Å². The average molecular weight is 186 g/mol. The van der Waals surface area contributed by atoms with E-state index < -0.39 is 5.97 Å². The highest BCUT2D eigenvalue weighted by Gasteiger charge is 2.25. The number of aliphatic carboxylic acids is 1. The van der Waals surface area contributed by atoms with Crippen molar-refractivity contribution in [3.63, 3.8) is 0 Å². The molecule has 0 radical (unpaired) electrons. The maximum atomic E-state index is 10.7. The summed E-state index contributed by atoms with van der Waals surface area (Å²) >= 11 is 0. The Morgan fingerprint density at radius 3 is 2.54 bits per heavy atom. The van der Waals surface area contributed by atoms with Crippen molar-refractivity contribution in [2.45, 2.75) is 31.8 Å². The van der Waals surface area contributed by atoms with Gasteiger partial charge < -0.3 is 10.4 Å². The highest BCUT2D eigenvalue weighted by atomic mass is 16.4. The molecule has 0 aromatic carbocycles. The predicted molar refractivity (Wildman–Crippen MR) is 50.8 cm³/mol. The van der Waals surface area contributed by atoms with E-state index in [0.29, 0.717) is 6.04 Å². The van der Waals surface area contributed by atoms with E-state index in [1.807, 2.05) is 11.9 Å². The molecule has 1 heterocycles. The molecule has 0 saturated carbocycles. The fourth-order valence-corrected chi connectivity index (χ4v) is 1.70. The summed E-state index contributed by atoms with van der Waals surface area (Å²) in [5.41, 5.74) is 0. The summed E-state index contributed by atoms with van der Waals surface area (Å²) in [6, 6.07) is 0.0513. The molecule has 0 aromatic rings. The molecular weight excluding hydrogens is 168 g/mol. The zero-order valence-corrected chi connectivity index (χ0v) is 8.29. The molecule has 0 bridgehead atoms. The van der Waals surface area contributed by atoms with E-state index in [2.05, 4.69) is 5.32 Å². The molecule has 1 aliphatic rings. The zero-order valence-electron chi connectivity index (χ0n) is 8.29. The van der Waals surface area contributed by atoms with Crippen molar-refractivity contribution in [1.29, 1.82) is 0 Å². The van der Waals surface area contributed by atoms with Gasteiger partial charge in [-0.3, -0.25) is 9.69 Å². The van der Waals surface area contributed by atoms with Crippen LogP contribution in [0.1, 0.15) is 19.8 Å². The van der Waals surface area contributed by atoms with E-state index in [1.54, 1.807) is 6.92 Å². The third-order valence-electron chi connectivity index (χ3n) is 2.85. The van der Waals surface area contributed by atoms with E-state index in [-0.39, 0.29) is 6.04 Å². The lowest BCUT2D eigenvalue weighted by Gasteiger charge is -2.33. The molecule has 13 heavy (non-hydrogen) atoms. The number of nitrogens with zero attached hydrogens (tertiary/aromatic N) is 1. The van der Waals surface area contributed by atoms with Gasteiger partial charge in [0.2, 0.25) is 0 Å². The molecule has 1 fully saturated rings. The Morgan fingerprint density at radius 2 is 2.08 bits per heavy atom. The van der Waals surface area contributed by atoms with Gasteiger partial charge in [0.15, 0.2) is 0 Å². The first kappa shape index (κ1) is 10.5. The van der Waals surface area contributed by atoms with Crippen molar-refractivity contribution in [3.8, 4) is 0 Å². The Kier molecular flexibility index (Phi) is 3.69. The van der Waals surface area contributed by atoms with E-state index >= 15 is 0 Å². The maximum Gasteiger partial charge on any atom is 0.320 e. The quantitative estimate of drug-likeness (QED) is 0.658. The monoisotopic (exact) mass is 186 g/mol. The van der Waals surface area contributed by atoms with Crippen LogP contribution in [0.25, 0.3) is 0 Å². The van der Waals surface area contributed by atoms with Gasteiger partial charge in [-0.1, -0.05) is 0 Å². The summed E-state index contributed by atoms with van der Waals surface area (Å²) in [7, 11) is 1.90. The summed E-state index contributed by atoms with van der Waals surface area (Å²) in [5, 5.41) is 12.1. The normalized spacial score (nSPS) is 21.8. The molecule has 0 aliphatic carbocycles. The van der Waals surface area contributed by atoms with Gasteiger partial charge in [-0.2, -0.15) is 0 Å². The Bertz CT molecular complexity index is 178.